The van der Waals surface area contributed by atoms with Gasteiger partial charge in [0, 0.05) is 30.9 Å². The van der Waals surface area contributed by atoms with Gasteiger partial charge in [-0.2, -0.15) is 0 Å². The standard InChI is InChI=1S/C16H28N2O/c1-12-7-8-15(18(6)13(2)11-19)14(9-12)10-17-16(3,4)5/h7-9,13,17,19H,10-11H2,1-6H3. The number of benzene rings is 1. The van der Waals surface area contributed by atoms with E-state index in [1.54, 1.807) is 0 Å². The molecule has 0 amide bonds. The first kappa shape index (κ1) is 16.0. The van der Waals surface area contributed by atoms with Gasteiger partial charge in [-0.15, -0.1) is 0 Å². The van der Waals surface area contributed by atoms with E-state index < -0.39 is 0 Å². The van der Waals surface area contributed by atoms with Crippen LogP contribution in [0.15, 0.2) is 18.2 Å². The Balaban J connectivity index is 2.97. The fourth-order valence-corrected chi connectivity index (χ4v) is 1.92. The summed E-state index contributed by atoms with van der Waals surface area (Å²) in [5.41, 5.74) is 3.82. The van der Waals surface area contributed by atoms with Crippen molar-refractivity contribution in [2.75, 3.05) is 18.6 Å². The monoisotopic (exact) mass is 264 g/mol. The lowest BCUT2D eigenvalue weighted by Gasteiger charge is -2.29. The van der Waals surface area contributed by atoms with E-state index in [9.17, 15) is 5.11 Å². The largest absolute Gasteiger partial charge is 0.394 e. The molecule has 0 saturated heterocycles. The fourth-order valence-electron chi connectivity index (χ4n) is 1.92. The van der Waals surface area contributed by atoms with Gasteiger partial charge >= 0.3 is 0 Å². The summed E-state index contributed by atoms with van der Waals surface area (Å²) in [5.74, 6) is 0. The van der Waals surface area contributed by atoms with E-state index in [1.165, 1.54) is 16.8 Å². The van der Waals surface area contributed by atoms with Gasteiger partial charge < -0.3 is 15.3 Å². The molecule has 0 bridgehead atoms. The van der Waals surface area contributed by atoms with Crippen LogP contribution in [0.25, 0.3) is 0 Å². The summed E-state index contributed by atoms with van der Waals surface area (Å²) in [6.45, 7) is 11.6. The maximum atomic E-state index is 9.31. The average Bonchev–Trinajstić information content (AvgIpc) is 2.34. The van der Waals surface area contributed by atoms with Crippen molar-refractivity contribution in [1.29, 1.82) is 0 Å². The van der Waals surface area contributed by atoms with E-state index in [0.29, 0.717) is 0 Å². The maximum Gasteiger partial charge on any atom is 0.0632 e. The van der Waals surface area contributed by atoms with E-state index in [-0.39, 0.29) is 18.2 Å². The molecule has 19 heavy (non-hydrogen) atoms. The van der Waals surface area contributed by atoms with Crippen LogP contribution in [0.3, 0.4) is 0 Å². The number of likely N-dealkylation sites (N-methyl/N-ethyl adjacent to an activating group) is 1. The van der Waals surface area contributed by atoms with Crippen molar-refractivity contribution in [3.8, 4) is 0 Å². The molecule has 2 N–H and O–H groups in total. The maximum absolute atomic E-state index is 9.31. The van der Waals surface area contributed by atoms with Crippen LogP contribution in [0.1, 0.15) is 38.8 Å². The molecule has 0 saturated carbocycles. The molecule has 1 aromatic carbocycles. The average molecular weight is 264 g/mol. The van der Waals surface area contributed by atoms with Crippen molar-refractivity contribution in [1.82, 2.24) is 5.32 Å². The Kier molecular flexibility index (Phi) is 5.39. The van der Waals surface area contributed by atoms with Gasteiger partial charge in [-0.3, -0.25) is 0 Å². The lowest BCUT2D eigenvalue weighted by atomic mass is 10.0. The molecular formula is C16H28N2O. The molecule has 108 valence electrons. The molecular weight excluding hydrogens is 236 g/mol. The van der Waals surface area contributed by atoms with Crippen LogP contribution < -0.4 is 10.2 Å². The zero-order valence-corrected chi connectivity index (χ0v) is 13.1. The molecule has 1 unspecified atom stereocenters. The Morgan fingerprint density at radius 2 is 1.95 bits per heavy atom. The van der Waals surface area contributed by atoms with Crippen LogP contribution in [0.4, 0.5) is 5.69 Å². The number of aliphatic hydroxyl groups excluding tert-OH is 1. The van der Waals surface area contributed by atoms with Crippen molar-refractivity contribution in [3.05, 3.63) is 29.3 Å². The van der Waals surface area contributed by atoms with Crippen LogP contribution in [0.2, 0.25) is 0 Å². The number of rotatable bonds is 5. The Hall–Kier alpha value is -1.06. The Bertz CT molecular complexity index is 410. The van der Waals surface area contributed by atoms with Crippen molar-refractivity contribution in [3.63, 3.8) is 0 Å². The normalized spacial score (nSPS) is 13.4. The molecule has 0 aliphatic carbocycles. The molecule has 0 spiro atoms. The SMILES string of the molecule is Cc1ccc(N(C)C(C)CO)c(CNC(C)(C)C)c1. The highest BCUT2D eigenvalue weighted by Gasteiger charge is 2.15. The van der Waals surface area contributed by atoms with Crippen molar-refractivity contribution in [2.45, 2.75) is 52.7 Å². The first-order chi connectivity index (χ1) is 8.74. The van der Waals surface area contributed by atoms with E-state index in [2.05, 4.69) is 56.1 Å². The molecule has 1 aromatic rings. The third kappa shape index (κ3) is 4.84. The quantitative estimate of drug-likeness (QED) is 0.858. The van der Waals surface area contributed by atoms with E-state index >= 15 is 0 Å². The molecule has 0 radical (unpaired) electrons. The van der Waals surface area contributed by atoms with Gasteiger partial charge in [0.25, 0.3) is 0 Å². The van der Waals surface area contributed by atoms with Crippen molar-refractivity contribution < 1.29 is 5.11 Å². The van der Waals surface area contributed by atoms with Crippen LogP contribution in [-0.2, 0) is 6.54 Å². The van der Waals surface area contributed by atoms with Gasteiger partial charge in [-0.25, -0.2) is 0 Å². The lowest BCUT2D eigenvalue weighted by Crippen LogP contribution is -2.37. The Morgan fingerprint density at radius 1 is 1.32 bits per heavy atom. The Labute approximate surface area is 117 Å². The summed E-state index contributed by atoms with van der Waals surface area (Å²) < 4.78 is 0. The zero-order chi connectivity index (χ0) is 14.6. The second-order valence-electron chi connectivity index (χ2n) is 6.38. The molecule has 0 heterocycles. The molecule has 1 atom stereocenters. The number of hydrogen-bond donors (Lipinski definition) is 2. The summed E-state index contributed by atoms with van der Waals surface area (Å²) in [7, 11) is 2.03. The van der Waals surface area contributed by atoms with Crippen LogP contribution in [0, 0.1) is 6.92 Å². The second kappa shape index (κ2) is 6.40. The minimum Gasteiger partial charge on any atom is -0.394 e. The van der Waals surface area contributed by atoms with Gasteiger partial charge in [-0.1, -0.05) is 17.7 Å². The minimum absolute atomic E-state index is 0.0994. The van der Waals surface area contributed by atoms with Crippen LogP contribution in [0.5, 0.6) is 0 Å². The second-order valence-corrected chi connectivity index (χ2v) is 6.38. The third-order valence-electron chi connectivity index (χ3n) is 3.35. The van der Waals surface area contributed by atoms with Gasteiger partial charge in [0.2, 0.25) is 0 Å². The molecule has 0 aromatic heterocycles. The first-order valence-electron chi connectivity index (χ1n) is 6.93. The summed E-state index contributed by atoms with van der Waals surface area (Å²) in [5, 5.41) is 12.8. The third-order valence-corrected chi connectivity index (χ3v) is 3.35. The number of aliphatic hydroxyl groups is 1. The van der Waals surface area contributed by atoms with Gasteiger partial charge in [-0.05, 0) is 46.2 Å². The molecule has 1 rings (SSSR count). The number of nitrogens with zero attached hydrogens (tertiary/aromatic N) is 1. The highest BCUT2D eigenvalue weighted by molar-refractivity contribution is 5.55. The van der Waals surface area contributed by atoms with Crippen molar-refractivity contribution in [2.24, 2.45) is 0 Å². The van der Waals surface area contributed by atoms with Crippen LogP contribution in [-0.4, -0.2) is 30.3 Å². The van der Waals surface area contributed by atoms with Crippen molar-refractivity contribution >= 4 is 5.69 Å². The predicted molar refractivity (Wildman–Crippen MR) is 82.7 cm³/mol. The van der Waals surface area contributed by atoms with Gasteiger partial charge in [0.15, 0.2) is 0 Å². The van der Waals surface area contributed by atoms with Gasteiger partial charge in [0.1, 0.15) is 0 Å². The number of anilines is 1. The molecule has 0 aliphatic heterocycles. The predicted octanol–water partition coefficient (Wildman–Crippen LogP) is 2.70. The molecule has 0 fully saturated rings. The zero-order valence-electron chi connectivity index (χ0n) is 13.1. The topological polar surface area (TPSA) is 35.5 Å². The summed E-state index contributed by atoms with van der Waals surface area (Å²) in [4.78, 5) is 2.14. The fraction of sp³-hybridized carbons (Fsp3) is 0.625. The highest BCUT2D eigenvalue weighted by atomic mass is 16.3. The van der Waals surface area contributed by atoms with E-state index in [1.807, 2.05) is 14.0 Å². The summed E-state index contributed by atoms with van der Waals surface area (Å²) >= 11 is 0. The lowest BCUT2D eigenvalue weighted by molar-refractivity contribution is 0.270. The van der Waals surface area contributed by atoms with Gasteiger partial charge in [0.05, 0.1) is 6.61 Å². The van der Waals surface area contributed by atoms with Crippen LogP contribution >= 0.6 is 0 Å². The Morgan fingerprint density at radius 3 is 2.47 bits per heavy atom. The number of hydrogen-bond acceptors (Lipinski definition) is 3. The van der Waals surface area contributed by atoms with E-state index in [0.717, 1.165) is 6.54 Å². The summed E-state index contributed by atoms with van der Waals surface area (Å²) in [6.07, 6.45) is 0. The first-order valence-corrected chi connectivity index (χ1v) is 6.93. The summed E-state index contributed by atoms with van der Waals surface area (Å²) in [6, 6.07) is 6.60. The van der Waals surface area contributed by atoms with E-state index in [4.69, 9.17) is 0 Å². The molecule has 3 heteroatoms. The number of aryl methyl sites for hydroxylation is 1. The highest BCUT2D eigenvalue weighted by Crippen LogP contribution is 2.23. The minimum atomic E-state index is 0.0994. The number of nitrogens with one attached hydrogen (secondary N) is 1. The molecule has 3 nitrogen and oxygen atoms in total. The smallest absolute Gasteiger partial charge is 0.0632 e. The molecule has 0 aliphatic rings.